The Balaban J connectivity index is 0.000001000. The first-order valence-electron chi connectivity index (χ1n) is 7.31. The van der Waals surface area contributed by atoms with Gasteiger partial charge in [-0.25, -0.2) is 0 Å². The standard InChI is InChI=1S/C16H22S2.2ClH/c1-3-15(17-9-1)11-13-5-7-14(8-6-13)12-16-4-2-10-18-16;;/h5-8,15-16H,1-4,9-12H2;2*1H. The third kappa shape index (κ3) is 5.36. The third-order valence-electron chi connectivity index (χ3n) is 4.13. The summed E-state index contributed by atoms with van der Waals surface area (Å²) in [6.07, 6.45) is 8.41. The zero-order valence-corrected chi connectivity index (χ0v) is 15.1. The highest BCUT2D eigenvalue weighted by atomic mass is 35.5. The van der Waals surface area contributed by atoms with E-state index in [-0.39, 0.29) is 24.8 Å². The van der Waals surface area contributed by atoms with Crippen LogP contribution in [0, 0.1) is 0 Å². The Labute approximate surface area is 144 Å². The molecule has 1 aromatic rings. The topological polar surface area (TPSA) is 0 Å². The van der Waals surface area contributed by atoms with E-state index in [0.717, 1.165) is 10.5 Å². The molecule has 2 aliphatic heterocycles. The van der Waals surface area contributed by atoms with Crippen molar-refractivity contribution in [3.63, 3.8) is 0 Å². The second-order valence-electron chi connectivity index (χ2n) is 5.63. The van der Waals surface area contributed by atoms with E-state index in [1.165, 1.54) is 50.0 Å². The summed E-state index contributed by atoms with van der Waals surface area (Å²) in [5, 5.41) is 1.90. The molecule has 2 heterocycles. The van der Waals surface area contributed by atoms with Crippen LogP contribution in [0.2, 0.25) is 0 Å². The van der Waals surface area contributed by atoms with Crippen molar-refractivity contribution in [2.45, 2.75) is 49.0 Å². The van der Waals surface area contributed by atoms with Crippen LogP contribution >= 0.6 is 0 Å². The smallest absolute Gasteiger partial charge is 0.120 e. The van der Waals surface area contributed by atoms with Crippen LogP contribution in [0.1, 0.15) is 36.8 Å². The minimum atomic E-state index is 0. The summed E-state index contributed by atoms with van der Waals surface area (Å²) in [6.45, 7) is 0. The van der Waals surface area contributed by atoms with Crippen LogP contribution in [0.5, 0.6) is 0 Å². The summed E-state index contributed by atoms with van der Waals surface area (Å²) in [5.41, 5.74) is 3.12. The molecular formula is C16H24Cl2S2. The Bertz CT molecular complexity index is 332. The summed E-state index contributed by atoms with van der Waals surface area (Å²) < 4.78 is 0. The van der Waals surface area contributed by atoms with Crippen LogP contribution < -0.4 is 24.8 Å². The Kier molecular flexibility index (Phi) is 8.81. The van der Waals surface area contributed by atoms with E-state index >= 15 is 0 Å². The molecule has 0 amide bonds. The molecule has 4 heteroatoms. The van der Waals surface area contributed by atoms with E-state index < -0.39 is 0 Å². The number of halogens is 2. The fourth-order valence-electron chi connectivity index (χ4n) is 3.07. The summed E-state index contributed by atoms with van der Waals surface area (Å²) in [4.78, 5) is 0. The molecule has 0 spiro atoms. The normalized spacial score (nSPS) is 25.0. The number of benzene rings is 1. The minimum Gasteiger partial charge on any atom is -1.00 e. The van der Waals surface area contributed by atoms with Gasteiger partial charge >= 0.3 is 0 Å². The molecule has 2 atom stereocenters. The second-order valence-corrected chi connectivity index (χ2v) is 8.71. The maximum Gasteiger partial charge on any atom is 0.120 e. The van der Waals surface area contributed by atoms with Crippen LogP contribution in [0.3, 0.4) is 0 Å². The first kappa shape index (κ1) is 18.5. The van der Waals surface area contributed by atoms with E-state index in [2.05, 4.69) is 24.3 Å². The summed E-state index contributed by atoms with van der Waals surface area (Å²) in [5.74, 6) is 2.87. The van der Waals surface area contributed by atoms with Gasteiger partial charge in [-0.2, -0.15) is 0 Å². The van der Waals surface area contributed by atoms with Crippen molar-refractivity contribution in [1.82, 2.24) is 0 Å². The van der Waals surface area contributed by atoms with E-state index in [1.807, 2.05) is 0 Å². The zero-order valence-electron chi connectivity index (χ0n) is 11.8. The van der Waals surface area contributed by atoms with Gasteiger partial charge in [0.15, 0.2) is 0 Å². The fourth-order valence-corrected chi connectivity index (χ4v) is 5.94. The molecule has 0 bridgehead atoms. The molecule has 3 rings (SSSR count). The van der Waals surface area contributed by atoms with E-state index in [1.54, 1.807) is 34.7 Å². The highest BCUT2D eigenvalue weighted by molar-refractivity contribution is 7.79. The Morgan fingerprint density at radius 2 is 1.15 bits per heavy atom. The summed E-state index contributed by atoms with van der Waals surface area (Å²) in [7, 11) is 0. The Hall–Kier alpha value is 0.500. The highest BCUT2D eigenvalue weighted by Gasteiger charge is 2.24. The van der Waals surface area contributed by atoms with Gasteiger partial charge in [0.1, 0.15) is 22.0 Å². The molecule has 2 saturated heterocycles. The van der Waals surface area contributed by atoms with Gasteiger partial charge in [-0.15, -0.1) is 0 Å². The van der Waals surface area contributed by atoms with Crippen LogP contribution in [-0.2, 0) is 36.4 Å². The van der Waals surface area contributed by atoms with E-state index in [4.69, 9.17) is 0 Å². The van der Waals surface area contributed by atoms with Crippen molar-refractivity contribution in [1.29, 1.82) is 0 Å². The lowest BCUT2D eigenvalue weighted by Crippen LogP contribution is -3.00. The molecule has 20 heavy (non-hydrogen) atoms. The van der Waals surface area contributed by atoms with Crippen molar-refractivity contribution in [2.75, 3.05) is 11.5 Å². The first-order chi connectivity index (χ1) is 8.90. The molecule has 2 unspecified atom stereocenters. The van der Waals surface area contributed by atoms with Gasteiger partial charge in [-0.05, 0) is 60.3 Å². The maximum atomic E-state index is 2.38. The van der Waals surface area contributed by atoms with Crippen LogP contribution in [0.25, 0.3) is 0 Å². The molecule has 114 valence electrons. The molecular weight excluding hydrogens is 327 g/mol. The fraction of sp³-hybridized carbons (Fsp3) is 0.625. The van der Waals surface area contributed by atoms with Gasteiger partial charge in [-0.1, -0.05) is 24.3 Å². The van der Waals surface area contributed by atoms with Crippen molar-refractivity contribution in [2.24, 2.45) is 0 Å². The van der Waals surface area contributed by atoms with Crippen LogP contribution in [-0.4, -0.2) is 22.0 Å². The Morgan fingerprint density at radius 1 is 0.750 bits per heavy atom. The average Bonchev–Trinajstić information content (AvgIpc) is 3.05. The van der Waals surface area contributed by atoms with Gasteiger partial charge in [0, 0.05) is 12.8 Å². The molecule has 0 aromatic heterocycles. The number of thiol groups is 2. The quantitative estimate of drug-likeness (QED) is 0.395. The first-order valence-corrected chi connectivity index (χ1v) is 9.61. The number of rotatable bonds is 4. The third-order valence-corrected chi connectivity index (χ3v) is 7.19. The molecule has 0 radical (unpaired) electrons. The second kappa shape index (κ2) is 9.50. The Morgan fingerprint density at radius 3 is 1.45 bits per heavy atom. The van der Waals surface area contributed by atoms with E-state index in [9.17, 15) is 0 Å². The zero-order chi connectivity index (χ0) is 12.2. The number of hydrogen-bond donors (Lipinski definition) is 0. The predicted molar refractivity (Wildman–Crippen MR) is 87.1 cm³/mol. The van der Waals surface area contributed by atoms with Crippen LogP contribution in [0.4, 0.5) is 0 Å². The van der Waals surface area contributed by atoms with Crippen molar-refractivity contribution in [3.05, 3.63) is 35.4 Å². The molecule has 2 aliphatic rings. The molecule has 0 aliphatic carbocycles. The maximum absolute atomic E-state index is 2.38. The lowest BCUT2D eigenvalue weighted by molar-refractivity contribution is -0.00100. The van der Waals surface area contributed by atoms with Gasteiger partial charge in [0.2, 0.25) is 0 Å². The molecule has 0 N–H and O–H groups in total. The SMILES string of the molecule is [Cl-].[Cl-].c1cc(CC2CCC[SH+]2)ccc1CC1CCC[SH+]1. The minimum absolute atomic E-state index is 0. The van der Waals surface area contributed by atoms with Crippen molar-refractivity contribution >= 4 is 23.5 Å². The predicted octanol–water partition coefficient (Wildman–Crippen LogP) is -3.27. The lowest BCUT2D eigenvalue weighted by Gasteiger charge is -2.06. The molecule has 0 saturated carbocycles. The molecule has 2 fully saturated rings. The summed E-state index contributed by atoms with van der Waals surface area (Å²) >= 11 is 3.39. The highest BCUT2D eigenvalue weighted by Crippen LogP contribution is 2.20. The van der Waals surface area contributed by atoms with Gasteiger partial charge < -0.3 is 24.8 Å². The van der Waals surface area contributed by atoms with Crippen molar-refractivity contribution < 1.29 is 24.8 Å². The summed E-state index contributed by atoms with van der Waals surface area (Å²) in [6, 6.07) is 9.54. The lowest BCUT2D eigenvalue weighted by atomic mass is 10.0. The largest absolute Gasteiger partial charge is 1.00 e. The van der Waals surface area contributed by atoms with Gasteiger partial charge in [0.25, 0.3) is 0 Å². The van der Waals surface area contributed by atoms with Crippen LogP contribution in [0.15, 0.2) is 24.3 Å². The number of hydrogen-bond acceptors (Lipinski definition) is 0. The van der Waals surface area contributed by atoms with Gasteiger partial charge in [0.05, 0.1) is 0 Å². The van der Waals surface area contributed by atoms with E-state index in [0.29, 0.717) is 0 Å². The van der Waals surface area contributed by atoms with Crippen molar-refractivity contribution in [3.8, 4) is 0 Å². The monoisotopic (exact) mass is 350 g/mol. The van der Waals surface area contributed by atoms with Gasteiger partial charge in [-0.3, -0.25) is 0 Å². The molecule has 1 aromatic carbocycles. The average molecular weight is 351 g/mol. The molecule has 0 nitrogen and oxygen atoms in total.